The van der Waals surface area contributed by atoms with Gasteiger partial charge in [-0.25, -0.2) is 9.78 Å². The number of carboxylic acids is 1. The number of carboxylic acid groups (broad SMARTS) is 1. The van der Waals surface area contributed by atoms with Crippen molar-refractivity contribution in [3.8, 4) is 0 Å². The normalized spacial score (nSPS) is 10.5. The van der Waals surface area contributed by atoms with Gasteiger partial charge in [0.05, 0.1) is 17.4 Å². The molecular weight excluding hydrogens is 266 g/mol. The lowest BCUT2D eigenvalue weighted by Crippen LogP contribution is -2.11. The molecule has 0 aromatic carbocycles. The summed E-state index contributed by atoms with van der Waals surface area (Å²) in [6.45, 7) is 0. The van der Waals surface area contributed by atoms with Crippen LogP contribution in [0, 0.1) is 0 Å². The molecular formula is C12H9N3O3S. The van der Waals surface area contributed by atoms with Gasteiger partial charge < -0.3 is 10.4 Å². The van der Waals surface area contributed by atoms with Gasteiger partial charge in [-0.05, 0) is 18.2 Å². The summed E-state index contributed by atoms with van der Waals surface area (Å²) in [5.41, 5.74) is 2.01. The van der Waals surface area contributed by atoms with Gasteiger partial charge in [0.25, 0.3) is 5.91 Å². The molecule has 2 rings (SSSR count). The lowest BCUT2D eigenvalue weighted by atomic mass is 10.3. The van der Waals surface area contributed by atoms with Crippen molar-refractivity contribution in [3.63, 3.8) is 0 Å². The number of nitrogens with one attached hydrogen (secondary N) is 1. The number of hydrogen-bond acceptors (Lipinski definition) is 5. The van der Waals surface area contributed by atoms with Crippen LogP contribution in [-0.2, 0) is 4.79 Å². The Kier molecular flexibility index (Phi) is 3.99. The Hall–Kier alpha value is -2.54. The molecule has 0 bridgehead atoms. The van der Waals surface area contributed by atoms with Crippen LogP contribution in [0.2, 0.25) is 0 Å². The molecule has 0 aliphatic rings. The van der Waals surface area contributed by atoms with Crippen LogP contribution in [-0.4, -0.2) is 27.0 Å². The van der Waals surface area contributed by atoms with Gasteiger partial charge in [0.15, 0.2) is 0 Å². The molecule has 7 heteroatoms. The van der Waals surface area contributed by atoms with Gasteiger partial charge in [-0.1, -0.05) is 6.07 Å². The van der Waals surface area contributed by atoms with Crippen molar-refractivity contribution >= 4 is 35.1 Å². The van der Waals surface area contributed by atoms with E-state index in [9.17, 15) is 9.59 Å². The van der Waals surface area contributed by atoms with Crippen LogP contribution < -0.4 is 5.32 Å². The molecule has 0 fully saturated rings. The highest BCUT2D eigenvalue weighted by molar-refractivity contribution is 7.11. The number of hydrogen-bond donors (Lipinski definition) is 2. The average Bonchev–Trinajstić information content (AvgIpc) is 2.91. The van der Waals surface area contributed by atoms with E-state index in [0.717, 1.165) is 6.08 Å². The van der Waals surface area contributed by atoms with Gasteiger partial charge >= 0.3 is 5.97 Å². The van der Waals surface area contributed by atoms with Crippen LogP contribution in [0.5, 0.6) is 0 Å². The van der Waals surface area contributed by atoms with Crippen LogP contribution >= 0.6 is 11.3 Å². The molecule has 96 valence electrons. The van der Waals surface area contributed by atoms with E-state index in [1.54, 1.807) is 23.7 Å². The molecule has 6 nitrogen and oxygen atoms in total. The van der Waals surface area contributed by atoms with Gasteiger partial charge in [-0.15, -0.1) is 11.3 Å². The van der Waals surface area contributed by atoms with E-state index in [1.165, 1.54) is 23.6 Å². The molecule has 0 aliphatic heterocycles. The number of carbonyl (C=O) groups excluding carboxylic acids is 1. The minimum absolute atomic E-state index is 0.297. The van der Waals surface area contributed by atoms with Crippen molar-refractivity contribution in [2.75, 3.05) is 5.32 Å². The molecule has 2 heterocycles. The highest BCUT2D eigenvalue weighted by Gasteiger charge is 2.08. The molecule has 0 saturated carbocycles. The number of pyridine rings is 1. The first-order chi connectivity index (χ1) is 9.15. The van der Waals surface area contributed by atoms with Crippen molar-refractivity contribution in [3.05, 3.63) is 46.6 Å². The molecule has 0 saturated heterocycles. The average molecular weight is 275 g/mol. The number of amides is 1. The molecule has 1 amide bonds. The monoisotopic (exact) mass is 275 g/mol. The maximum Gasteiger partial charge on any atom is 0.328 e. The van der Waals surface area contributed by atoms with Gasteiger partial charge in [0.1, 0.15) is 10.7 Å². The number of aromatic nitrogens is 2. The summed E-state index contributed by atoms with van der Waals surface area (Å²) in [6.07, 6.45) is 3.80. The number of carbonyl (C=O) groups is 2. The molecule has 0 unspecified atom stereocenters. The fraction of sp³-hybridized carbons (Fsp3) is 0. The van der Waals surface area contributed by atoms with Crippen molar-refractivity contribution in [2.24, 2.45) is 0 Å². The van der Waals surface area contributed by atoms with Crippen molar-refractivity contribution in [1.29, 1.82) is 0 Å². The van der Waals surface area contributed by atoms with Crippen LogP contribution in [0.3, 0.4) is 0 Å². The Morgan fingerprint density at radius 2 is 2.21 bits per heavy atom. The molecule has 2 N–H and O–H groups in total. The second-order valence-electron chi connectivity index (χ2n) is 3.44. The number of rotatable bonds is 4. The maximum atomic E-state index is 11.8. The van der Waals surface area contributed by atoms with Crippen molar-refractivity contribution in [2.45, 2.75) is 0 Å². The highest BCUT2D eigenvalue weighted by atomic mass is 32.1. The van der Waals surface area contributed by atoms with E-state index in [4.69, 9.17) is 5.11 Å². The lowest BCUT2D eigenvalue weighted by Gasteiger charge is -2.02. The van der Waals surface area contributed by atoms with E-state index >= 15 is 0 Å². The second-order valence-corrected chi connectivity index (χ2v) is 4.33. The summed E-state index contributed by atoms with van der Waals surface area (Å²) in [7, 11) is 0. The molecule has 2 aromatic heterocycles. The third-order valence-corrected chi connectivity index (χ3v) is 2.84. The van der Waals surface area contributed by atoms with Crippen molar-refractivity contribution < 1.29 is 14.7 Å². The van der Waals surface area contributed by atoms with E-state index in [-0.39, 0.29) is 5.91 Å². The summed E-state index contributed by atoms with van der Waals surface area (Å²) >= 11 is 1.23. The zero-order chi connectivity index (χ0) is 13.7. The van der Waals surface area contributed by atoms with E-state index < -0.39 is 5.97 Å². The van der Waals surface area contributed by atoms with Gasteiger partial charge in [-0.2, -0.15) is 0 Å². The third kappa shape index (κ3) is 3.71. The Morgan fingerprint density at radius 3 is 2.89 bits per heavy atom. The zero-order valence-electron chi connectivity index (χ0n) is 9.61. The van der Waals surface area contributed by atoms with Gasteiger partial charge in [0, 0.05) is 6.08 Å². The molecule has 19 heavy (non-hydrogen) atoms. The number of anilines is 1. The zero-order valence-corrected chi connectivity index (χ0v) is 10.4. The molecule has 0 aliphatic carbocycles. The predicted octanol–water partition coefficient (Wildman–Crippen LogP) is 1.89. The summed E-state index contributed by atoms with van der Waals surface area (Å²) in [4.78, 5) is 30.5. The predicted molar refractivity (Wildman–Crippen MR) is 71.0 cm³/mol. The fourth-order valence-corrected chi connectivity index (χ4v) is 1.79. The highest BCUT2D eigenvalue weighted by Crippen LogP contribution is 2.11. The molecule has 0 atom stereocenters. The lowest BCUT2D eigenvalue weighted by molar-refractivity contribution is -0.131. The fourth-order valence-electron chi connectivity index (χ4n) is 1.28. The number of thiazole rings is 1. The first kappa shape index (κ1) is 12.9. The summed E-state index contributed by atoms with van der Waals surface area (Å²) in [5, 5.41) is 11.1. The Bertz CT molecular complexity index is 623. The van der Waals surface area contributed by atoms with E-state index in [0.29, 0.717) is 16.4 Å². The first-order valence-electron chi connectivity index (χ1n) is 5.23. The number of nitrogens with zero attached hydrogens (tertiary/aromatic N) is 2. The Balaban J connectivity index is 2.11. The molecule has 0 spiro atoms. The minimum atomic E-state index is -1.05. The summed E-state index contributed by atoms with van der Waals surface area (Å²) in [6, 6.07) is 4.94. The second kappa shape index (κ2) is 5.87. The molecule has 0 radical (unpaired) electrons. The smallest absolute Gasteiger partial charge is 0.328 e. The summed E-state index contributed by atoms with van der Waals surface area (Å²) in [5.74, 6) is -0.999. The number of aliphatic carboxylic acids is 1. The molecule has 2 aromatic rings. The van der Waals surface area contributed by atoms with Gasteiger partial charge in [-0.3, -0.25) is 9.78 Å². The minimum Gasteiger partial charge on any atom is -0.478 e. The standard InChI is InChI=1S/C12H9N3O3S/c16-11(17)5-4-8-2-1-3-10(14-8)15-12(18)9-6-13-7-19-9/h1-7H,(H,16,17)(H,14,15,18)/b5-4+. The maximum absolute atomic E-state index is 11.8. The van der Waals surface area contributed by atoms with Crippen LogP contribution in [0.4, 0.5) is 5.82 Å². The van der Waals surface area contributed by atoms with Crippen LogP contribution in [0.25, 0.3) is 6.08 Å². The van der Waals surface area contributed by atoms with Crippen LogP contribution in [0.15, 0.2) is 36.0 Å². The van der Waals surface area contributed by atoms with E-state index in [2.05, 4.69) is 15.3 Å². The Labute approximate surface area is 112 Å². The van der Waals surface area contributed by atoms with Gasteiger partial charge in [0.2, 0.25) is 0 Å². The Morgan fingerprint density at radius 1 is 1.37 bits per heavy atom. The van der Waals surface area contributed by atoms with Crippen LogP contribution in [0.1, 0.15) is 15.4 Å². The SMILES string of the molecule is O=C(O)/C=C/c1cccc(NC(=O)c2cncs2)n1. The van der Waals surface area contributed by atoms with E-state index in [1.807, 2.05) is 0 Å². The first-order valence-corrected chi connectivity index (χ1v) is 6.11. The quantitative estimate of drug-likeness (QED) is 0.831. The third-order valence-electron chi connectivity index (χ3n) is 2.07. The summed E-state index contributed by atoms with van der Waals surface area (Å²) < 4.78 is 0. The van der Waals surface area contributed by atoms with Crippen molar-refractivity contribution in [1.82, 2.24) is 9.97 Å². The largest absolute Gasteiger partial charge is 0.478 e. The topological polar surface area (TPSA) is 92.2 Å².